The summed E-state index contributed by atoms with van der Waals surface area (Å²) in [5, 5.41) is 0. The summed E-state index contributed by atoms with van der Waals surface area (Å²) < 4.78 is 27.9. The Balaban J connectivity index is 1.89. The zero-order chi connectivity index (χ0) is 16.2. The molecule has 4 nitrogen and oxygen atoms in total. The van der Waals surface area contributed by atoms with E-state index >= 15 is 0 Å². The van der Waals surface area contributed by atoms with Gasteiger partial charge in [-0.25, -0.2) is 8.42 Å². The molecule has 0 unspecified atom stereocenters. The minimum absolute atomic E-state index is 0.0405. The second kappa shape index (κ2) is 5.30. The van der Waals surface area contributed by atoms with Crippen molar-refractivity contribution in [1.29, 1.82) is 0 Å². The van der Waals surface area contributed by atoms with Crippen LogP contribution in [0.5, 0.6) is 0 Å². The number of carbonyl (C=O) groups is 1. The zero-order valence-corrected chi connectivity index (χ0v) is 14.9. The lowest BCUT2D eigenvalue weighted by Gasteiger charge is -2.40. The first kappa shape index (κ1) is 16.4. The van der Waals surface area contributed by atoms with Gasteiger partial charge in [0.05, 0.1) is 5.75 Å². The molecule has 0 aromatic heterocycles. The molecular weight excluding hydrogens is 298 g/mol. The molecule has 2 aliphatic carbocycles. The molecule has 0 spiro atoms. The Kier molecular flexibility index (Phi) is 3.96. The number of fused-ring (bicyclic) bond motifs is 2. The van der Waals surface area contributed by atoms with Crippen molar-refractivity contribution < 1.29 is 13.2 Å². The highest BCUT2D eigenvalue weighted by molar-refractivity contribution is 7.89. The van der Waals surface area contributed by atoms with Crippen LogP contribution in [0.3, 0.4) is 0 Å². The fourth-order valence-electron chi connectivity index (χ4n) is 5.25. The van der Waals surface area contributed by atoms with Crippen LogP contribution in [-0.2, 0) is 14.8 Å². The van der Waals surface area contributed by atoms with Gasteiger partial charge in [-0.05, 0) is 43.4 Å². The van der Waals surface area contributed by atoms with E-state index in [0.717, 1.165) is 38.5 Å². The molecule has 3 rings (SSSR count). The maximum atomic E-state index is 13.1. The second-order valence-corrected chi connectivity index (χ2v) is 10.0. The Morgan fingerprint density at radius 3 is 2.50 bits per heavy atom. The first-order valence-electron chi connectivity index (χ1n) is 8.77. The molecule has 0 radical (unpaired) electrons. The maximum absolute atomic E-state index is 13.1. The molecule has 2 saturated carbocycles. The lowest BCUT2D eigenvalue weighted by molar-refractivity contribution is -0.128. The van der Waals surface area contributed by atoms with Gasteiger partial charge in [0.25, 0.3) is 0 Å². The molecule has 2 bridgehead atoms. The number of piperidine rings is 1. The average molecular weight is 327 g/mol. The lowest BCUT2D eigenvalue weighted by Crippen LogP contribution is -2.50. The third-order valence-corrected chi connectivity index (χ3v) is 9.02. The molecule has 5 heteroatoms. The van der Waals surface area contributed by atoms with Gasteiger partial charge < -0.3 is 0 Å². The summed E-state index contributed by atoms with van der Waals surface area (Å²) in [7, 11) is -3.36. The smallest absolute Gasteiger partial charge is 0.215 e. The highest BCUT2D eigenvalue weighted by Gasteiger charge is 2.65. The number of nitrogens with zero attached hydrogens (tertiary/aromatic N) is 1. The van der Waals surface area contributed by atoms with Gasteiger partial charge >= 0.3 is 0 Å². The number of rotatable bonds is 4. The van der Waals surface area contributed by atoms with Crippen molar-refractivity contribution in [3.63, 3.8) is 0 Å². The Hall–Kier alpha value is -0.420. The molecule has 3 fully saturated rings. The van der Waals surface area contributed by atoms with Gasteiger partial charge in [-0.1, -0.05) is 27.2 Å². The van der Waals surface area contributed by atoms with E-state index in [-0.39, 0.29) is 23.0 Å². The van der Waals surface area contributed by atoms with Crippen molar-refractivity contribution >= 4 is 15.8 Å². The molecule has 1 heterocycles. The van der Waals surface area contributed by atoms with Gasteiger partial charge in [-0.3, -0.25) is 4.79 Å². The molecule has 0 amide bonds. The predicted octanol–water partition coefficient (Wildman–Crippen LogP) is 2.98. The lowest BCUT2D eigenvalue weighted by atomic mass is 9.70. The fourth-order valence-corrected chi connectivity index (χ4v) is 7.83. The van der Waals surface area contributed by atoms with E-state index < -0.39 is 15.4 Å². The summed E-state index contributed by atoms with van der Waals surface area (Å²) in [6.45, 7) is 6.92. The maximum Gasteiger partial charge on any atom is 0.215 e. The number of sulfonamides is 1. The zero-order valence-electron chi connectivity index (χ0n) is 14.1. The molecule has 126 valence electrons. The number of Topliss-reactive ketones (excluding diaryl/α,β-unsaturated/α-hetero) is 1. The van der Waals surface area contributed by atoms with Gasteiger partial charge in [-0.2, -0.15) is 4.31 Å². The Morgan fingerprint density at radius 1 is 1.23 bits per heavy atom. The summed E-state index contributed by atoms with van der Waals surface area (Å²) in [6, 6.07) is 0.131. The van der Waals surface area contributed by atoms with Gasteiger partial charge in [0.1, 0.15) is 5.78 Å². The second-order valence-electron chi connectivity index (χ2n) is 8.09. The third-order valence-electron chi connectivity index (χ3n) is 6.97. The minimum Gasteiger partial charge on any atom is -0.299 e. The Morgan fingerprint density at radius 2 is 1.95 bits per heavy atom. The fraction of sp³-hybridized carbons (Fsp3) is 0.941. The van der Waals surface area contributed by atoms with Crippen LogP contribution < -0.4 is 0 Å². The number of carbonyl (C=O) groups excluding carboxylic acids is 1. The molecule has 0 aromatic carbocycles. The Bertz CT molecular complexity index is 568. The van der Waals surface area contributed by atoms with E-state index in [1.807, 2.05) is 0 Å². The Labute approximate surface area is 134 Å². The number of hydrogen-bond acceptors (Lipinski definition) is 3. The molecule has 0 aromatic rings. The van der Waals surface area contributed by atoms with E-state index in [4.69, 9.17) is 0 Å². The van der Waals surface area contributed by atoms with Crippen LogP contribution in [-0.4, -0.2) is 36.8 Å². The highest BCUT2D eigenvalue weighted by atomic mass is 32.2. The largest absolute Gasteiger partial charge is 0.299 e. The van der Waals surface area contributed by atoms with Crippen molar-refractivity contribution in [2.45, 2.75) is 71.8 Å². The van der Waals surface area contributed by atoms with Crippen LogP contribution in [0.15, 0.2) is 0 Å². The van der Waals surface area contributed by atoms with Crippen molar-refractivity contribution in [2.24, 2.45) is 16.7 Å². The monoisotopic (exact) mass is 327 g/mol. The molecular formula is C17H29NO3S. The minimum atomic E-state index is -3.36. The molecule has 1 aliphatic heterocycles. The number of hydrogen-bond donors (Lipinski definition) is 0. The third kappa shape index (κ3) is 2.19. The van der Waals surface area contributed by atoms with Crippen LogP contribution in [0.1, 0.15) is 65.7 Å². The van der Waals surface area contributed by atoms with Gasteiger partial charge in [-0.15, -0.1) is 0 Å². The summed E-state index contributed by atoms with van der Waals surface area (Å²) >= 11 is 0. The number of ketones is 1. The molecule has 1 saturated heterocycles. The molecule has 3 atom stereocenters. The molecule has 3 aliphatic rings. The van der Waals surface area contributed by atoms with Crippen LogP contribution in [0.25, 0.3) is 0 Å². The average Bonchev–Trinajstić information content (AvgIpc) is 2.81. The van der Waals surface area contributed by atoms with E-state index in [0.29, 0.717) is 18.9 Å². The van der Waals surface area contributed by atoms with Crippen LogP contribution in [0.4, 0.5) is 0 Å². The van der Waals surface area contributed by atoms with Crippen molar-refractivity contribution in [3.8, 4) is 0 Å². The highest BCUT2D eigenvalue weighted by Crippen LogP contribution is 2.64. The van der Waals surface area contributed by atoms with Crippen molar-refractivity contribution in [2.75, 3.05) is 12.3 Å². The van der Waals surface area contributed by atoms with Crippen molar-refractivity contribution in [3.05, 3.63) is 0 Å². The van der Waals surface area contributed by atoms with E-state index in [1.165, 1.54) is 0 Å². The predicted molar refractivity (Wildman–Crippen MR) is 87.0 cm³/mol. The van der Waals surface area contributed by atoms with Gasteiger partial charge in [0.2, 0.25) is 10.0 Å². The first-order valence-corrected chi connectivity index (χ1v) is 10.4. The normalized spacial score (nSPS) is 38.6. The standard InChI is InChI=1S/C17H29NO3S/c1-4-14-7-5-6-10-18(14)22(20,21)12-17-9-8-13(11-15(17)19)16(17,2)3/h13-14H,4-12H2,1-3H3/t13-,14+,17+/m1/s1. The quantitative estimate of drug-likeness (QED) is 0.797. The van der Waals surface area contributed by atoms with Crippen LogP contribution in [0.2, 0.25) is 0 Å². The summed E-state index contributed by atoms with van der Waals surface area (Å²) in [6.07, 6.45) is 6.23. The SMILES string of the molecule is CC[C@H]1CCCCN1S(=O)(=O)C[C@@]12CC[C@H](CC1=O)C2(C)C. The topological polar surface area (TPSA) is 54.5 Å². The first-order chi connectivity index (χ1) is 10.2. The van der Waals surface area contributed by atoms with E-state index in [2.05, 4.69) is 20.8 Å². The summed E-state index contributed by atoms with van der Waals surface area (Å²) in [4.78, 5) is 12.6. The van der Waals surface area contributed by atoms with E-state index in [1.54, 1.807) is 4.31 Å². The molecule has 22 heavy (non-hydrogen) atoms. The van der Waals surface area contributed by atoms with Crippen LogP contribution >= 0.6 is 0 Å². The van der Waals surface area contributed by atoms with Crippen LogP contribution in [0, 0.1) is 16.7 Å². The van der Waals surface area contributed by atoms with Gasteiger partial charge in [0.15, 0.2) is 0 Å². The van der Waals surface area contributed by atoms with E-state index in [9.17, 15) is 13.2 Å². The van der Waals surface area contributed by atoms with Gasteiger partial charge in [0, 0.05) is 24.4 Å². The summed E-state index contributed by atoms with van der Waals surface area (Å²) in [5.74, 6) is 0.611. The summed E-state index contributed by atoms with van der Waals surface area (Å²) in [5.41, 5.74) is -0.805. The van der Waals surface area contributed by atoms with Crippen molar-refractivity contribution in [1.82, 2.24) is 4.31 Å². The molecule has 0 N–H and O–H groups in total.